The van der Waals surface area contributed by atoms with Crippen LogP contribution in [0.2, 0.25) is 10.0 Å². The fourth-order valence-corrected chi connectivity index (χ4v) is 3.57. The number of carbonyl (C=O) groups excluding carboxylic acids is 2. The highest BCUT2D eigenvalue weighted by molar-refractivity contribution is 6.42. The van der Waals surface area contributed by atoms with Crippen molar-refractivity contribution in [3.8, 4) is 0 Å². The summed E-state index contributed by atoms with van der Waals surface area (Å²) in [6.07, 6.45) is 1.28. The van der Waals surface area contributed by atoms with Crippen LogP contribution in [0.1, 0.15) is 31.4 Å². The number of carbonyl (C=O) groups is 2. The van der Waals surface area contributed by atoms with Gasteiger partial charge < -0.3 is 15.5 Å². The highest BCUT2D eigenvalue weighted by Gasteiger charge is 2.28. The molecule has 1 atom stereocenters. The molecule has 2 aromatic carbocycles. The first-order chi connectivity index (χ1) is 13.4. The number of amides is 3. The molecule has 2 aromatic rings. The molecule has 2 N–H and O–H groups in total. The van der Waals surface area contributed by atoms with Crippen LogP contribution in [0, 0.1) is 5.92 Å². The van der Waals surface area contributed by atoms with Gasteiger partial charge in [0, 0.05) is 24.7 Å². The number of nitrogens with one attached hydrogen (secondary N) is 2. The van der Waals surface area contributed by atoms with Crippen LogP contribution in [0.4, 0.5) is 10.5 Å². The second-order valence-electron chi connectivity index (χ2n) is 6.96. The maximum atomic E-state index is 12.6. The average molecular weight is 420 g/mol. The molecule has 1 unspecified atom stereocenters. The minimum absolute atomic E-state index is 0.00156. The van der Waals surface area contributed by atoms with E-state index in [1.54, 1.807) is 17.0 Å². The van der Waals surface area contributed by atoms with Crippen molar-refractivity contribution in [2.24, 2.45) is 5.92 Å². The Morgan fingerprint density at radius 2 is 1.71 bits per heavy atom. The normalized spacial score (nSPS) is 15.8. The van der Waals surface area contributed by atoms with Gasteiger partial charge >= 0.3 is 6.03 Å². The van der Waals surface area contributed by atoms with Crippen LogP contribution in [-0.4, -0.2) is 29.9 Å². The third kappa shape index (κ3) is 5.18. The maximum Gasteiger partial charge on any atom is 0.321 e. The number of para-hydroxylation sites is 1. The zero-order valence-corrected chi connectivity index (χ0v) is 17.1. The third-order valence-corrected chi connectivity index (χ3v) is 5.72. The zero-order valence-electron chi connectivity index (χ0n) is 15.6. The minimum atomic E-state index is -0.165. The molecule has 28 heavy (non-hydrogen) atoms. The minimum Gasteiger partial charge on any atom is -0.349 e. The van der Waals surface area contributed by atoms with Gasteiger partial charge in [0.25, 0.3) is 0 Å². The maximum absolute atomic E-state index is 12.6. The molecule has 7 heteroatoms. The van der Waals surface area contributed by atoms with Crippen LogP contribution in [0.3, 0.4) is 0 Å². The van der Waals surface area contributed by atoms with Gasteiger partial charge in [-0.15, -0.1) is 0 Å². The van der Waals surface area contributed by atoms with E-state index in [2.05, 4.69) is 10.6 Å². The molecule has 0 radical (unpaired) electrons. The molecule has 3 amide bonds. The Kier molecular flexibility index (Phi) is 6.81. The molecule has 1 saturated heterocycles. The topological polar surface area (TPSA) is 61.4 Å². The van der Waals surface area contributed by atoms with Crippen LogP contribution >= 0.6 is 23.2 Å². The van der Waals surface area contributed by atoms with Gasteiger partial charge in [0.1, 0.15) is 0 Å². The van der Waals surface area contributed by atoms with Crippen molar-refractivity contribution >= 4 is 40.8 Å². The average Bonchev–Trinajstić information content (AvgIpc) is 2.70. The lowest BCUT2D eigenvalue weighted by Crippen LogP contribution is -2.44. The van der Waals surface area contributed by atoms with Crippen LogP contribution in [0.25, 0.3) is 0 Å². The standard InChI is InChI=1S/C21H23Cl2N3O2/c1-14(16-7-8-18(22)19(23)13-16)24-20(27)15-9-11-26(12-10-15)21(28)25-17-5-3-2-4-6-17/h2-8,13-15H,9-12H2,1H3,(H,24,27)(H,25,28). The number of likely N-dealkylation sites (tertiary alicyclic amines) is 1. The summed E-state index contributed by atoms with van der Waals surface area (Å²) in [5.74, 6) is -0.104. The smallest absolute Gasteiger partial charge is 0.321 e. The van der Waals surface area contributed by atoms with Crippen molar-refractivity contribution in [1.82, 2.24) is 10.2 Å². The SMILES string of the molecule is CC(NC(=O)C1CCN(C(=O)Nc2ccccc2)CC1)c1ccc(Cl)c(Cl)c1. The summed E-state index contributed by atoms with van der Waals surface area (Å²) in [4.78, 5) is 26.7. The van der Waals surface area contributed by atoms with Gasteiger partial charge in [-0.3, -0.25) is 4.79 Å². The number of hydrogen-bond acceptors (Lipinski definition) is 2. The fraction of sp³-hybridized carbons (Fsp3) is 0.333. The van der Waals surface area contributed by atoms with E-state index in [0.29, 0.717) is 36.0 Å². The Morgan fingerprint density at radius 3 is 2.36 bits per heavy atom. The molecule has 1 heterocycles. The van der Waals surface area contributed by atoms with E-state index in [-0.39, 0.29) is 23.9 Å². The molecule has 0 saturated carbocycles. The Labute approximate surface area is 175 Å². The van der Waals surface area contributed by atoms with Crippen molar-refractivity contribution in [2.45, 2.75) is 25.8 Å². The predicted molar refractivity (Wildman–Crippen MR) is 113 cm³/mol. The second kappa shape index (κ2) is 9.30. The summed E-state index contributed by atoms with van der Waals surface area (Å²) in [5, 5.41) is 6.88. The molecule has 3 rings (SSSR count). The lowest BCUT2D eigenvalue weighted by molar-refractivity contribution is -0.126. The molecule has 0 aliphatic carbocycles. The number of nitrogens with zero attached hydrogens (tertiary/aromatic N) is 1. The summed E-state index contributed by atoms with van der Waals surface area (Å²) < 4.78 is 0. The van der Waals surface area contributed by atoms with Crippen molar-refractivity contribution in [2.75, 3.05) is 18.4 Å². The van der Waals surface area contributed by atoms with Gasteiger partial charge in [0.15, 0.2) is 0 Å². The highest BCUT2D eigenvalue weighted by Crippen LogP contribution is 2.26. The van der Waals surface area contributed by atoms with Crippen molar-refractivity contribution in [1.29, 1.82) is 0 Å². The van der Waals surface area contributed by atoms with Gasteiger partial charge in [-0.2, -0.15) is 0 Å². The van der Waals surface area contributed by atoms with E-state index in [9.17, 15) is 9.59 Å². The van der Waals surface area contributed by atoms with E-state index in [4.69, 9.17) is 23.2 Å². The summed E-state index contributed by atoms with van der Waals surface area (Å²) in [6, 6.07) is 14.4. The summed E-state index contributed by atoms with van der Waals surface area (Å²) in [5.41, 5.74) is 1.67. The third-order valence-electron chi connectivity index (χ3n) is 4.98. The fourth-order valence-electron chi connectivity index (χ4n) is 3.27. The quantitative estimate of drug-likeness (QED) is 0.722. The van der Waals surface area contributed by atoms with Gasteiger partial charge in [-0.1, -0.05) is 47.5 Å². The first kappa shape index (κ1) is 20.5. The molecule has 1 aliphatic heterocycles. The lowest BCUT2D eigenvalue weighted by Gasteiger charge is -2.32. The number of urea groups is 1. The predicted octanol–water partition coefficient (Wildman–Crippen LogP) is 5.11. The van der Waals surface area contributed by atoms with E-state index >= 15 is 0 Å². The molecular formula is C21H23Cl2N3O2. The number of piperidine rings is 1. The van der Waals surface area contributed by atoms with Crippen LogP contribution in [-0.2, 0) is 4.79 Å². The Morgan fingerprint density at radius 1 is 1.04 bits per heavy atom. The van der Waals surface area contributed by atoms with Gasteiger partial charge in [0.05, 0.1) is 16.1 Å². The number of benzene rings is 2. The number of rotatable bonds is 4. The van der Waals surface area contributed by atoms with Crippen molar-refractivity contribution in [3.05, 3.63) is 64.1 Å². The van der Waals surface area contributed by atoms with Crippen LogP contribution in [0.15, 0.2) is 48.5 Å². The summed E-state index contributed by atoms with van der Waals surface area (Å²) in [6.45, 7) is 3.02. The van der Waals surface area contributed by atoms with Gasteiger partial charge in [-0.25, -0.2) is 4.79 Å². The van der Waals surface area contributed by atoms with Crippen LogP contribution < -0.4 is 10.6 Å². The number of halogens is 2. The Balaban J connectivity index is 1.49. The Hall–Kier alpha value is -2.24. The Bertz CT molecular complexity index is 837. The van der Waals surface area contributed by atoms with Gasteiger partial charge in [-0.05, 0) is 49.6 Å². The van der Waals surface area contributed by atoms with E-state index < -0.39 is 0 Å². The lowest BCUT2D eigenvalue weighted by atomic mass is 9.95. The molecule has 0 spiro atoms. The number of hydrogen-bond donors (Lipinski definition) is 2. The molecular weight excluding hydrogens is 397 g/mol. The van der Waals surface area contributed by atoms with Crippen molar-refractivity contribution < 1.29 is 9.59 Å². The molecule has 148 valence electrons. The van der Waals surface area contributed by atoms with Crippen molar-refractivity contribution in [3.63, 3.8) is 0 Å². The second-order valence-corrected chi connectivity index (χ2v) is 7.78. The summed E-state index contributed by atoms with van der Waals surface area (Å²) >= 11 is 12.0. The zero-order chi connectivity index (χ0) is 20.1. The molecule has 5 nitrogen and oxygen atoms in total. The highest BCUT2D eigenvalue weighted by atomic mass is 35.5. The first-order valence-corrected chi connectivity index (χ1v) is 10.1. The first-order valence-electron chi connectivity index (χ1n) is 9.30. The summed E-state index contributed by atoms with van der Waals surface area (Å²) in [7, 11) is 0. The largest absolute Gasteiger partial charge is 0.349 e. The van der Waals surface area contributed by atoms with Gasteiger partial charge in [0.2, 0.25) is 5.91 Å². The van der Waals surface area contributed by atoms with E-state index in [1.165, 1.54) is 0 Å². The number of anilines is 1. The monoisotopic (exact) mass is 419 g/mol. The van der Waals surface area contributed by atoms with E-state index in [0.717, 1.165) is 11.3 Å². The van der Waals surface area contributed by atoms with E-state index in [1.807, 2.05) is 43.3 Å². The molecule has 0 aromatic heterocycles. The molecule has 1 fully saturated rings. The van der Waals surface area contributed by atoms with Crippen LogP contribution in [0.5, 0.6) is 0 Å². The molecule has 1 aliphatic rings. The molecule has 0 bridgehead atoms.